The Balaban J connectivity index is 1.59. The van der Waals surface area contributed by atoms with E-state index in [-0.39, 0.29) is 5.91 Å². The molecule has 1 amide bonds. The average Bonchev–Trinajstić information content (AvgIpc) is 3.16. The highest BCUT2D eigenvalue weighted by Gasteiger charge is 2.30. The van der Waals surface area contributed by atoms with Crippen molar-refractivity contribution in [2.75, 3.05) is 20.8 Å². The highest BCUT2D eigenvalue weighted by molar-refractivity contribution is 9.10. The van der Waals surface area contributed by atoms with Gasteiger partial charge in [-0.3, -0.25) is 9.69 Å². The predicted molar refractivity (Wildman–Crippen MR) is 149 cm³/mol. The minimum absolute atomic E-state index is 0.175. The molecule has 0 saturated carbocycles. The van der Waals surface area contributed by atoms with Gasteiger partial charge in [0.1, 0.15) is 6.61 Å². The normalized spacial score (nSPS) is 15.4. The summed E-state index contributed by atoms with van der Waals surface area (Å²) in [4.78, 5) is 31.4. The third-order valence-electron chi connectivity index (χ3n) is 5.35. The van der Waals surface area contributed by atoms with Crippen LogP contribution in [0.4, 0.5) is 5.69 Å². The Kier molecular flexibility index (Phi) is 8.68. The zero-order valence-corrected chi connectivity index (χ0v) is 23.0. The molecule has 0 unspecified atom stereocenters. The summed E-state index contributed by atoms with van der Waals surface area (Å²) in [6.07, 6.45) is 1.80. The van der Waals surface area contributed by atoms with Crippen molar-refractivity contribution in [1.82, 2.24) is 4.90 Å². The first-order chi connectivity index (χ1) is 17.9. The van der Waals surface area contributed by atoms with Crippen LogP contribution in [0.2, 0.25) is 0 Å². The van der Waals surface area contributed by atoms with Crippen LogP contribution in [0, 0.1) is 0 Å². The molecule has 1 aliphatic heterocycles. The van der Waals surface area contributed by atoms with Crippen LogP contribution in [-0.4, -0.2) is 42.7 Å². The molecule has 0 radical (unpaired) electrons. The van der Waals surface area contributed by atoms with Gasteiger partial charge in [0.15, 0.2) is 16.7 Å². The number of thioether (sulfide) groups is 1. The fourth-order valence-corrected chi connectivity index (χ4v) is 5.10. The molecule has 0 N–H and O–H groups in total. The number of methoxy groups -OCH3 is 1. The molecule has 1 fully saturated rings. The molecule has 0 bridgehead atoms. The second kappa shape index (κ2) is 12.1. The largest absolute Gasteiger partial charge is 0.490 e. The SMILES string of the molecule is CCOc1cc(C=C2SC(=Nc3cccc(C(=O)OC)c3)N(C)C2=O)cc(Br)c1OCc1ccccc1. The van der Waals surface area contributed by atoms with E-state index in [0.29, 0.717) is 46.0 Å². The minimum atomic E-state index is -0.446. The number of carbonyl (C=O) groups is 2. The van der Waals surface area contributed by atoms with E-state index in [1.165, 1.54) is 23.8 Å². The average molecular weight is 581 g/mol. The van der Waals surface area contributed by atoms with E-state index in [1.54, 1.807) is 37.4 Å². The van der Waals surface area contributed by atoms with Gasteiger partial charge in [-0.25, -0.2) is 9.79 Å². The molecular formula is C28H25BrN2O5S. The molecule has 0 atom stereocenters. The van der Waals surface area contributed by atoms with Crippen molar-refractivity contribution < 1.29 is 23.8 Å². The number of nitrogens with zero attached hydrogens (tertiary/aromatic N) is 2. The van der Waals surface area contributed by atoms with Crippen LogP contribution in [0.15, 0.2) is 81.1 Å². The molecule has 3 aromatic rings. The monoisotopic (exact) mass is 580 g/mol. The van der Waals surface area contributed by atoms with Gasteiger partial charge >= 0.3 is 5.97 Å². The molecule has 3 aromatic carbocycles. The third kappa shape index (κ3) is 6.42. The lowest BCUT2D eigenvalue weighted by atomic mass is 10.1. The molecule has 0 aromatic heterocycles. The molecule has 4 rings (SSSR count). The Morgan fingerprint density at radius 1 is 1.08 bits per heavy atom. The van der Waals surface area contributed by atoms with Gasteiger partial charge in [-0.15, -0.1) is 0 Å². The summed E-state index contributed by atoms with van der Waals surface area (Å²) in [5.41, 5.74) is 2.76. The van der Waals surface area contributed by atoms with Crippen LogP contribution < -0.4 is 9.47 Å². The number of esters is 1. The van der Waals surface area contributed by atoms with Crippen LogP contribution in [0.25, 0.3) is 6.08 Å². The van der Waals surface area contributed by atoms with Crippen molar-refractivity contribution in [2.45, 2.75) is 13.5 Å². The molecule has 7 nitrogen and oxygen atoms in total. The summed E-state index contributed by atoms with van der Waals surface area (Å²) in [6, 6.07) is 20.4. The van der Waals surface area contributed by atoms with E-state index in [2.05, 4.69) is 20.9 Å². The van der Waals surface area contributed by atoms with Crippen LogP contribution in [0.3, 0.4) is 0 Å². The maximum atomic E-state index is 13.0. The van der Waals surface area contributed by atoms with Gasteiger partial charge in [0, 0.05) is 7.05 Å². The number of carbonyl (C=O) groups excluding carboxylic acids is 2. The summed E-state index contributed by atoms with van der Waals surface area (Å²) in [6.45, 7) is 2.77. The van der Waals surface area contributed by atoms with E-state index in [4.69, 9.17) is 14.2 Å². The van der Waals surface area contributed by atoms with Crippen molar-refractivity contribution in [2.24, 2.45) is 4.99 Å². The van der Waals surface area contributed by atoms with Gasteiger partial charge < -0.3 is 14.2 Å². The number of rotatable bonds is 8. The van der Waals surface area contributed by atoms with Crippen molar-refractivity contribution in [3.05, 3.63) is 92.8 Å². The fraction of sp³-hybridized carbons (Fsp3) is 0.179. The molecule has 0 aliphatic carbocycles. The summed E-state index contributed by atoms with van der Waals surface area (Å²) in [5, 5.41) is 0.505. The lowest BCUT2D eigenvalue weighted by Gasteiger charge is -2.15. The standard InChI is InChI=1S/C28H25BrN2O5S/c1-4-35-23-14-19(13-22(29)25(23)36-17-18-9-6-5-7-10-18)15-24-26(32)31(2)28(37-24)30-21-12-8-11-20(16-21)27(33)34-3/h5-16H,4,17H2,1-3H3. The molecule has 0 spiro atoms. The molecule has 1 saturated heterocycles. The van der Waals surface area contributed by atoms with E-state index in [1.807, 2.05) is 49.4 Å². The zero-order valence-electron chi connectivity index (χ0n) is 20.6. The predicted octanol–water partition coefficient (Wildman–Crippen LogP) is 6.45. The summed E-state index contributed by atoms with van der Waals surface area (Å²) < 4.78 is 17.4. The number of hydrogen-bond donors (Lipinski definition) is 0. The van der Waals surface area contributed by atoms with Crippen molar-refractivity contribution in [1.29, 1.82) is 0 Å². The Labute approximate surface area is 228 Å². The second-order valence-corrected chi connectivity index (χ2v) is 9.81. The number of ether oxygens (including phenoxy) is 3. The Bertz CT molecular complexity index is 1370. The maximum absolute atomic E-state index is 13.0. The van der Waals surface area contributed by atoms with E-state index >= 15 is 0 Å². The summed E-state index contributed by atoms with van der Waals surface area (Å²) >= 11 is 4.86. The smallest absolute Gasteiger partial charge is 0.337 e. The van der Waals surface area contributed by atoms with Gasteiger partial charge in [-0.05, 0) is 82.2 Å². The Morgan fingerprint density at radius 3 is 2.59 bits per heavy atom. The fourth-order valence-electron chi connectivity index (χ4n) is 3.54. The number of aliphatic imine (C=N–C) groups is 1. The van der Waals surface area contributed by atoms with Gasteiger partial charge in [0.25, 0.3) is 5.91 Å². The Hall–Kier alpha value is -3.56. The van der Waals surface area contributed by atoms with Gasteiger partial charge in [0.05, 0.1) is 34.3 Å². The number of benzene rings is 3. The van der Waals surface area contributed by atoms with E-state index < -0.39 is 5.97 Å². The van der Waals surface area contributed by atoms with Gasteiger partial charge in [0.2, 0.25) is 0 Å². The Morgan fingerprint density at radius 2 is 1.86 bits per heavy atom. The lowest BCUT2D eigenvalue weighted by molar-refractivity contribution is -0.121. The zero-order chi connectivity index (χ0) is 26.4. The van der Waals surface area contributed by atoms with Crippen molar-refractivity contribution in [3.8, 4) is 11.5 Å². The quantitative estimate of drug-likeness (QED) is 0.225. The van der Waals surface area contributed by atoms with Crippen LogP contribution in [-0.2, 0) is 16.1 Å². The molecular weight excluding hydrogens is 556 g/mol. The summed E-state index contributed by atoms with van der Waals surface area (Å²) in [7, 11) is 3.00. The minimum Gasteiger partial charge on any atom is -0.490 e. The molecule has 1 heterocycles. The number of halogens is 1. The number of likely N-dealkylation sites (N-methyl/N-ethyl adjacent to an activating group) is 1. The van der Waals surface area contributed by atoms with Gasteiger partial charge in [-0.2, -0.15) is 0 Å². The van der Waals surface area contributed by atoms with Crippen molar-refractivity contribution >= 4 is 56.5 Å². The lowest BCUT2D eigenvalue weighted by Crippen LogP contribution is -2.23. The first-order valence-corrected chi connectivity index (χ1v) is 13.1. The maximum Gasteiger partial charge on any atom is 0.337 e. The highest BCUT2D eigenvalue weighted by atomic mass is 79.9. The molecule has 190 valence electrons. The first kappa shape index (κ1) is 26.5. The summed E-state index contributed by atoms with van der Waals surface area (Å²) in [5.74, 6) is 0.560. The van der Waals surface area contributed by atoms with Crippen LogP contribution in [0.5, 0.6) is 11.5 Å². The molecule has 37 heavy (non-hydrogen) atoms. The number of amides is 1. The molecule has 1 aliphatic rings. The van der Waals surface area contributed by atoms with Crippen LogP contribution in [0.1, 0.15) is 28.4 Å². The second-order valence-electron chi connectivity index (χ2n) is 7.95. The highest BCUT2D eigenvalue weighted by Crippen LogP contribution is 2.40. The molecule has 9 heteroatoms. The van der Waals surface area contributed by atoms with Gasteiger partial charge in [-0.1, -0.05) is 36.4 Å². The van der Waals surface area contributed by atoms with E-state index in [9.17, 15) is 9.59 Å². The first-order valence-electron chi connectivity index (χ1n) is 11.5. The third-order valence-corrected chi connectivity index (χ3v) is 7.00. The van der Waals surface area contributed by atoms with Crippen molar-refractivity contribution in [3.63, 3.8) is 0 Å². The van der Waals surface area contributed by atoms with Crippen LogP contribution >= 0.6 is 27.7 Å². The number of hydrogen-bond acceptors (Lipinski definition) is 7. The number of amidine groups is 1. The topological polar surface area (TPSA) is 77.4 Å². The van der Waals surface area contributed by atoms with E-state index in [0.717, 1.165) is 15.6 Å².